The molecule has 1 N–H and O–H groups in total. The highest BCUT2D eigenvalue weighted by atomic mass is 19.4. The third-order valence-corrected chi connectivity index (χ3v) is 2.79. The molecule has 1 amide bonds. The van der Waals surface area contributed by atoms with Gasteiger partial charge in [-0.05, 0) is 35.9 Å². The van der Waals surface area contributed by atoms with Gasteiger partial charge in [0.25, 0.3) is 0 Å². The van der Waals surface area contributed by atoms with Gasteiger partial charge in [-0.1, -0.05) is 24.3 Å². The number of carbonyl (C=O) groups excluding carboxylic acids is 1. The number of halogens is 4. The van der Waals surface area contributed by atoms with Gasteiger partial charge in [-0.25, -0.2) is 4.39 Å². The maximum atomic E-state index is 12.8. The second-order valence-corrected chi connectivity index (χ2v) is 4.42. The number of benzene rings is 2. The molecule has 114 valence electrons. The lowest BCUT2D eigenvalue weighted by atomic mass is 10.1. The van der Waals surface area contributed by atoms with E-state index in [1.54, 1.807) is 0 Å². The number of rotatable bonds is 3. The molecule has 2 rings (SSSR count). The van der Waals surface area contributed by atoms with Crippen LogP contribution >= 0.6 is 0 Å². The normalized spacial score (nSPS) is 11.6. The number of carbonyl (C=O) groups is 1. The minimum atomic E-state index is -4.55. The minimum Gasteiger partial charge on any atom is -0.322 e. The Balaban J connectivity index is 2.11. The summed E-state index contributed by atoms with van der Waals surface area (Å²) in [5.74, 6) is -1.12. The summed E-state index contributed by atoms with van der Waals surface area (Å²) in [4.78, 5) is 11.7. The van der Waals surface area contributed by atoms with Crippen molar-refractivity contribution in [1.82, 2.24) is 0 Å². The molecule has 6 heteroatoms. The molecule has 0 saturated heterocycles. The summed E-state index contributed by atoms with van der Waals surface area (Å²) in [6.07, 6.45) is -2.09. The van der Waals surface area contributed by atoms with Gasteiger partial charge in [0.2, 0.25) is 5.91 Å². The van der Waals surface area contributed by atoms with Crippen LogP contribution in [0.4, 0.5) is 23.2 Å². The number of para-hydroxylation sites is 1. The monoisotopic (exact) mass is 309 g/mol. The molecule has 0 aliphatic rings. The first-order valence-corrected chi connectivity index (χ1v) is 6.27. The van der Waals surface area contributed by atoms with Gasteiger partial charge in [0.05, 0.1) is 11.3 Å². The van der Waals surface area contributed by atoms with Crippen LogP contribution in [0, 0.1) is 5.82 Å². The van der Waals surface area contributed by atoms with E-state index in [-0.39, 0.29) is 5.69 Å². The van der Waals surface area contributed by atoms with E-state index >= 15 is 0 Å². The van der Waals surface area contributed by atoms with Gasteiger partial charge in [-0.3, -0.25) is 4.79 Å². The van der Waals surface area contributed by atoms with Gasteiger partial charge in [-0.2, -0.15) is 13.2 Å². The third kappa shape index (κ3) is 4.18. The van der Waals surface area contributed by atoms with Crippen LogP contribution in [0.15, 0.2) is 54.6 Å². The molecule has 22 heavy (non-hydrogen) atoms. The standard InChI is InChI=1S/C16H11F4NO/c17-12-8-5-11(6-9-12)7-10-15(22)21-14-4-2-1-3-13(14)16(18,19)20/h1-10H,(H,21,22)/b10-7+. The molecule has 0 saturated carbocycles. The zero-order valence-electron chi connectivity index (χ0n) is 11.2. The van der Waals surface area contributed by atoms with Crippen molar-refractivity contribution in [1.29, 1.82) is 0 Å². The third-order valence-electron chi connectivity index (χ3n) is 2.79. The average molecular weight is 309 g/mol. The molecule has 2 aromatic rings. The second kappa shape index (κ2) is 6.43. The lowest BCUT2D eigenvalue weighted by Crippen LogP contribution is -2.14. The molecule has 0 aromatic heterocycles. The Bertz CT molecular complexity index is 690. The summed E-state index contributed by atoms with van der Waals surface area (Å²) in [5, 5.41) is 2.18. The fourth-order valence-electron chi connectivity index (χ4n) is 1.76. The lowest BCUT2D eigenvalue weighted by Gasteiger charge is -2.12. The number of hydrogen-bond donors (Lipinski definition) is 1. The van der Waals surface area contributed by atoms with Gasteiger partial charge in [0, 0.05) is 6.08 Å². The van der Waals surface area contributed by atoms with Crippen LogP contribution in [0.5, 0.6) is 0 Å². The predicted molar refractivity (Wildman–Crippen MR) is 75.5 cm³/mol. The molecule has 0 heterocycles. The van der Waals surface area contributed by atoms with E-state index in [0.29, 0.717) is 5.56 Å². The number of amides is 1. The number of alkyl halides is 3. The van der Waals surface area contributed by atoms with Gasteiger partial charge in [0.15, 0.2) is 0 Å². The van der Waals surface area contributed by atoms with Crippen LogP contribution in [0.2, 0.25) is 0 Å². The number of nitrogens with one attached hydrogen (secondary N) is 1. The van der Waals surface area contributed by atoms with Crippen LogP contribution in [0.25, 0.3) is 6.08 Å². The van der Waals surface area contributed by atoms with Crippen LogP contribution in [0.1, 0.15) is 11.1 Å². The van der Waals surface area contributed by atoms with Crippen molar-refractivity contribution in [2.45, 2.75) is 6.18 Å². The maximum Gasteiger partial charge on any atom is 0.418 e. The average Bonchev–Trinajstić information content (AvgIpc) is 2.46. The van der Waals surface area contributed by atoms with Crippen LogP contribution in [-0.4, -0.2) is 5.91 Å². The molecule has 2 nitrogen and oxygen atoms in total. The molecular weight excluding hydrogens is 298 g/mol. The Hall–Kier alpha value is -2.63. The van der Waals surface area contributed by atoms with E-state index in [9.17, 15) is 22.4 Å². The number of anilines is 1. The minimum absolute atomic E-state index is 0.316. The van der Waals surface area contributed by atoms with Crippen molar-refractivity contribution < 1.29 is 22.4 Å². The summed E-state index contributed by atoms with van der Waals surface area (Å²) >= 11 is 0. The van der Waals surface area contributed by atoms with Crippen LogP contribution < -0.4 is 5.32 Å². The molecule has 0 spiro atoms. The van der Waals surface area contributed by atoms with Gasteiger partial charge in [-0.15, -0.1) is 0 Å². The van der Waals surface area contributed by atoms with E-state index in [1.807, 2.05) is 0 Å². The SMILES string of the molecule is O=C(/C=C/c1ccc(F)cc1)Nc1ccccc1C(F)(F)F. The first kappa shape index (κ1) is 15.8. The quantitative estimate of drug-likeness (QED) is 0.656. The predicted octanol–water partition coefficient (Wildman–Crippen LogP) is 4.50. The lowest BCUT2D eigenvalue weighted by molar-refractivity contribution is -0.136. The molecular formula is C16H11F4NO. The van der Waals surface area contributed by atoms with E-state index in [2.05, 4.69) is 5.32 Å². The topological polar surface area (TPSA) is 29.1 Å². The molecule has 0 bridgehead atoms. The molecule has 0 unspecified atom stereocenters. The summed E-state index contributed by atoms with van der Waals surface area (Å²) in [5.41, 5.74) is -0.678. The van der Waals surface area contributed by atoms with Gasteiger partial charge in [0.1, 0.15) is 5.82 Å². The second-order valence-electron chi connectivity index (χ2n) is 4.42. The molecule has 0 radical (unpaired) electrons. The summed E-state index contributed by atoms with van der Waals surface area (Å²) in [6.45, 7) is 0. The fraction of sp³-hybridized carbons (Fsp3) is 0.0625. The zero-order chi connectivity index (χ0) is 16.2. The molecule has 0 atom stereocenters. The van der Waals surface area contributed by atoms with E-state index in [1.165, 1.54) is 48.5 Å². The van der Waals surface area contributed by atoms with Crippen molar-refractivity contribution in [3.8, 4) is 0 Å². The number of hydrogen-bond acceptors (Lipinski definition) is 1. The zero-order valence-corrected chi connectivity index (χ0v) is 11.2. The maximum absolute atomic E-state index is 12.8. The highest BCUT2D eigenvalue weighted by Crippen LogP contribution is 2.34. The molecule has 0 aliphatic carbocycles. The first-order chi connectivity index (χ1) is 10.4. The van der Waals surface area contributed by atoms with Crippen LogP contribution in [0.3, 0.4) is 0 Å². The first-order valence-electron chi connectivity index (χ1n) is 6.27. The van der Waals surface area contributed by atoms with Crippen molar-refractivity contribution in [2.24, 2.45) is 0 Å². The van der Waals surface area contributed by atoms with Crippen molar-refractivity contribution >= 4 is 17.7 Å². The Morgan fingerprint density at radius 3 is 2.27 bits per heavy atom. The van der Waals surface area contributed by atoms with Gasteiger partial charge < -0.3 is 5.32 Å². The van der Waals surface area contributed by atoms with Crippen molar-refractivity contribution in [3.05, 3.63) is 71.6 Å². The largest absolute Gasteiger partial charge is 0.418 e. The molecule has 2 aromatic carbocycles. The Morgan fingerprint density at radius 1 is 1.00 bits per heavy atom. The van der Waals surface area contributed by atoms with Gasteiger partial charge >= 0.3 is 6.18 Å². The highest BCUT2D eigenvalue weighted by molar-refractivity contribution is 6.02. The van der Waals surface area contributed by atoms with Crippen LogP contribution in [-0.2, 0) is 11.0 Å². The van der Waals surface area contributed by atoms with Crippen molar-refractivity contribution in [3.63, 3.8) is 0 Å². The summed E-state index contributed by atoms with van der Waals surface area (Å²) in [6, 6.07) is 10.0. The highest BCUT2D eigenvalue weighted by Gasteiger charge is 2.33. The Kier molecular flexibility index (Phi) is 4.60. The molecule has 0 fully saturated rings. The smallest absolute Gasteiger partial charge is 0.322 e. The molecule has 0 aliphatic heterocycles. The summed E-state index contributed by atoms with van der Waals surface area (Å²) < 4.78 is 51.1. The van der Waals surface area contributed by atoms with E-state index < -0.39 is 23.5 Å². The Morgan fingerprint density at radius 2 is 1.64 bits per heavy atom. The fourth-order valence-corrected chi connectivity index (χ4v) is 1.76. The van der Waals surface area contributed by atoms with Crippen molar-refractivity contribution in [2.75, 3.05) is 5.32 Å². The Labute approximate surface area is 124 Å². The summed E-state index contributed by atoms with van der Waals surface area (Å²) in [7, 11) is 0. The van der Waals surface area contributed by atoms with E-state index in [4.69, 9.17) is 0 Å². The van der Waals surface area contributed by atoms with E-state index in [0.717, 1.165) is 12.1 Å².